The van der Waals surface area contributed by atoms with Crippen LogP contribution in [0.5, 0.6) is 11.5 Å². The fraction of sp³-hybridized carbons (Fsp3) is 0.676. The molecule has 4 saturated heterocycles. The Morgan fingerprint density at radius 2 is 1.92 bits per heavy atom. The van der Waals surface area contributed by atoms with E-state index in [-0.39, 0.29) is 46.9 Å². The lowest BCUT2D eigenvalue weighted by Gasteiger charge is -2.54. The second-order valence-corrected chi connectivity index (χ2v) is 16.6. The van der Waals surface area contributed by atoms with Gasteiger partial charge in [0.05, 0.1) is 42.4 Å². The fourth-order valence-electron chi connectivity index (χ4n) is 7.35. The van der Waals surface area contributed by atoms with Crippen LogP contribution in [-0.4, -0.2) is 116 Å². The molecule has 14 heteroatoms. The number of nitrogens with one attached hydrogen (secondary N) is 1. The largest absolute Gasteiger partial charge is 0.448 e. The van der Waals surface area contributed by atoms with Crippen molar-refractivity contribution in [2.24, 2.45) is 5.41 Å². The van der Waals surface area contributed by atoms with E-state index in [0.29, 0.717) is 31.4 Å². The Morgan fingerprint density at radius 3 is 2.56 bits per heavy atom. The van der Waals surface area contributed by atoms with E-state index in [2.05, 4.69) is 24.5 Å². The highest BCUT2D eigenvalue weighted by Gasteiger charge is 2.46. The Hall–Kier alpha value is -2.91. The van der Waals surface area contributed by atoms with E-state index in [1.807, 2.05) is 13.8 Å². The van der Waals surface area contributed by atoms with E-state index in [1.54, 1.807) is 24.8 Å². The summed E-state index contributed by atoms with van der Waals surface area (Å²) in [4.78, 5) is 28.9. The van der Waals surface area contributed by atoms with Gasteiger partial charge >= 0.3 is 0 Å². The molecule has 1 aromatic heterocycles. The zero-order chi connectivity index (χ0) is 34.1. The molecule has 2 aromatic rings. The van der Waals surface area contributed by atoms with Gasteiger partial charge in [0.1, 0.15) is 6.33 Å². The predicted octanol–water partition coefficient (Wildman–Crippen LogP) is 3.83. The molecule has 0 radical (unpaired) electrons. The van der Waals surface area contributed by atoms with Gasteiger partial charge in [-0.15, -0.1) is 0 Å². The quantitative estimate of drug-likeness (QED) is 0.373. The number of carbonyl (C=O) groups excluding carboxylic acids is 1. The lowest BCUT2D eigenvalue weighted by Crippen LogP contribution is -2.61. The van der Waals surface area contributed by atoms with Crippen molar-refractivity contribution >= 4 is 21.7 Å². The Kier molecular flexibility index (Phi) is 10.6. The Labute approximate surface area is 283 Å². The van der Waals surface area contributed by atoms with Gasteiger partial charge in [0.25, 0.3) is 5.91 Å². The number of nitrogens with zero attached hydrogens (tertiary/aromatic N) is 5. The molecular formula is C34H49FN6O6S. The van der Waals surface area contributed by atoms with E-state index in [0.717, 1.165) is 64.8 Å². The maximum Gasteiger partial charge on any atom is 0.258 e. The number of piperidine rings is 1. The number of likely N-dealkylation sites (tertiary alicyclic amines) is 1. The minimum absolute atomic E-state index is 0.0755. The van der Waals surface area contributed by atoms with Gasteiger partial charge in [0.15, 0.2) is 23.1 Å². The van der Waals surface area contributed by atoms with Gasteiger partial charge in [-0.2, -0.15) is 0 Å². The second-order valence-electron chi connectivity index (χ2n) is 14.4. The van der Waals surface area contributed by atoms with Crippen LogP contribution in [0.4, 0.5) is 10.2 Å². The van der Waals surface area contributed by atoms with Crippen molar-refractivity contribution in [2.75, 3.05) is 57.4 Å². The number of sulfonamides is 1. The number of benzene rings is 1. The minimum atomic E-state index is -3.31. The predicted molar refractivity (Wildman–Crippen MR) is 179 cm³/mol. The van der Waals surface area contributed by atoms with Crippen LogP contribution in [0.2, 0.25) is 0 Å². The Balaban J connectivity index is 1.04. The molecule has 1 amide bonds. The van der Waals surface area contributed by atoms with Crippen molar-refractivity contribution in [1.82, 2.24) is 24.5 Å². The molecule has 4 aliphatic rings. The SMILES string of the molecule is CC(C)N(C(=O)c1cccc(F)c1Oc1cncnc1N1CC2(CCN(C[C@@H]3CC[C@@H](NS(=O)(=O)C(C)C)CO3)CC2)C1)[C@@H]1CCOC1. The molecule has 0 aliphatic carbocycles. The van der Waals surface area contributed by atoms with E-state index in [1.165, 1.54) is 24.7 Å². The molecule has 4 fully saturated rings. The maximum absolute atomic E-state index is 15.4. The molecule has 1 aromatic carbocycles. The molecular weight excluding hydrogens is 639 g/mol. The van der Waals surface area contributed by atoms with Crippen LogP contribution < -0.4 is 14.4 Å². The van der Waals surface area contributed by atoms with Crippen molar-refractivity contribution in [3.63, 3.8) is 0 Å². The lowest BCUT2D eigenvalue weighted by atomic mass is 9.72. The number of hydrogen-bond acceptors (Lipinski definition) is 10. The molecule has 4 aliphatic heterocycles. The highest BCUT2D eigenvalue weighted by Crippen LogP contribution is 2.45. The average Bonchev–Trinajstić information content (AvgIpc) is 3.56. The number of para-hydroxylation sites is 1. The molecule has 1 N–H and O–H groups in total. The van der Waals surface area contributed by atoms with E-state index < -0.39 is 21.1 Å². The number of carbonyl (C=O) groups is 1. The summed E-state index contributed by atoms with van der Waals surface area (Å²) in [6, 6.07) is 4.09. The summed E-state index contributed by atoms with van der Waals surface area (Å²) in [7, 11) is -3.31. The highest BCUT2D eigenvalue weighted by molar-refractivity contribution is 7.90. The maximum atomic E-state index is 15.4. The van der Waals surface area contributed by atoms with Crippen molar-refractivity contribution in [3.8, 4) is 11.5 Å². The highest BCUT2D eigenvalue weighted by atomic mass is 32.2. The molecule has 12 nitrogen and oxygen atoms in total. The smallest absolute Gasteiger partial charge is 0.258 e. The van der Waals surface area contributed by atoms with E-state index in [4.69, 9.17) is 14.2 Å². The van der Waals surface area contributed by atoms with Gasteiger partial charge in [-0.3, -0.25) is 4.79 Å². The first-order valence-electron chi connectivity index (χ1n) is 17.2. The first-order chi connectivity index (χ1) is 22.9. The third-order valence-electron chi connectivity index (χ3n) is 10.2. The first kappa shape index (κ1) is 34.9. The second kappa shape index (κ2) is 14.5. The first-order valence-corrected chi connectivity index (χ1v) is 18.8. The normalized spacial score (nSPS) is 24.6. The number of ether oxygens (including phenoxy) is 3. The third kappa shape index (κ3) is 7.62. The van der Waals surface area contributed by atoms with Crippen molar-refractivity contribution < 1.29 is 31.8 Å². The molecule has 5 heterocycles. The molecule has 0 bridgehead atoms. The van der Waals surface area contributed by atoms with Gasteiger partial charge in [0, 0.05) is 43.7 Å². The molecule has 264 valence electrons. The molecule has 1 spiro atoms. The summed E-state index contributed by atoms with van der Waals surface area (Å²) in [5.41, 5.74) is 0.319. The topological polar surface area (TPSA) is 126 Å². The third-order valence-corrected chi connectivity index (χ3v) is 12.1. The molecule has 0 unspecified atom stereocenters. The molecule has 48 heavy (non-hydrogen) atoms. The Morgan fingerprint density at radius 1 is 1.15 bits per heavy atom. The van der Waals surface area contributed by atoms with Gasteiger partial charge in [-0.25, -0.2) is 27.5 Å². The van der Waals surface area contributed by atoms with Gasteiger partial charge in [-0.1, -0.05) is 6.07 Å². The van der Waals surface area contributed by atoms with Gasteiger partial charge in [-0.05, 0) is 85.0 Å². The van der Waals surface area contributed by atoms with Crippen LogP contribution in [0.15, 0.2) is 30.7 Å². The Bertz CT molecular complexity index is 1530. The molecule has 6 rings (SSSR count). The number of aromatic nitrogens is 2. The van der Waals surface area contributed by atoms with Crippen LogP contribution >= 0.6 is 0 Å². The number of anilines is 1. The van der Waals surface area contributed by atoms with E-state index >= 15 is 4.39 Å². The van der Waals surface area contributed by atoms with Gasteiger partial charge in [0.2, 0.25) is 10.0 Å². The summed E-state index contributed by atoms with van der Waals surface area (Å²) in [5.74, 6) is -0.142. The van der Waals surface area contributed by atoms with Crippen LogP contribution in [0.25, 0.3) is 0 Å². The lowest BCUT2D eigenvalue weighted by molar-refractivity contribution is -0.0299. The number of halogens is 1. The number of rotatable bonds is 11. The zero-order valence-electron chi connectivity index (χ0n) is 28.4. The zero-order valence-corrected chi connectivity index (χ0v) is 29.3. The van der Waals surface area contributed by atoms with Crippen molar-refractivity contribution in [3.05, 3.63) is 42.1 Å². The summed E-state index contributed by atoms with van der Waals surface area (Å²) in [6.07, 6.45) is 7.52. The van der Waals surface area contributed by atoms with Crippen molar-refractivity contribution in [2.45, 2.75) is 89.3 Å². The number of hydrogen-bond donors (Lipinski definition) is 1. The molecule has 0 saturated carbocycles. The summed E-state index contributed by atoms with van der Waals surface area (Å²) >= 11 is 0. The van der Waals surface area contributed by atoms with Crippen molar-refractivity contribution in [1.29, 1.82) is 0 Å². The van der Waals surface area contributed by atoms with E-state index in [9.17, 15) is 13.2 Å². The number of amides is 1. The van der Waals surface area contributed by atoms with Crippen LogP contribution in [0, 0.1) is 11.2 Å². The summed E-state index contributed by atoms with van der Waals surface area (Å²) < 4.78 is 60.4. The summed E-state index contributed by atoms with van der Waals surface area (Å²) in [6.45, 7) is 13.1. The minimum Gasteiger partial charge on any atom is -0.448 e. The van der Waals surface area contributed by atoms with Gasteiger partial charge < -0.3 is 28.9 Å². The average molecular weight is 689 g/mol. The van der Waals surface area contributed by atoms with Crippen LogP contribution in [-0.2, 0) is 19.5 Å². The summed E-state index contributed by atoms with van der Waals surface area (Å²) in [5, 5.41) is -0.458. The van der Waals surface area contributed by atoms with Crippen LogP contribution in [0.1, 0.15) is 70.2 Å². The monoisotopic (exact) mass is 688 g/mol. The molecule has 3 atom stereocenters. The standard InChI is InChI=1S/C34H49FN6O6S/c1-23(2)41(26-10-15-45-19-26)33(42)28-6-5-7-29(35)31(28)47-30-16-36-22-37-32(30)40-20-34(21-40)11-13-39(14-12-34)17-27-9-8-25(18-46-27)38-48(43,44)24(3)4/h5-7,16,22-27,38H,8-15,17-21H2,1-4H3/t25-,26-,27+/m1/s1. The van der Waals surface area contributed by atoms with Crippen LogP contribution in [0.3, 0.4) is 0 Å². The fourth-order valence-corrected chi connectivity index (χ4v) is 8.27.